The van der Waals surface area contributed by atoms with Crippen LogP contribution in [0.15, 0.2) is 18.2 Å². The highest BCUT2D eigenvalue weighted by Gasteiger charge is 2.12. The molecule has 0 amide bonds. The second kappa shape index (κ2) is 6.23. The third-order valence-electron chi connectivity index (χ3n) is 2.35. The zero-order chi connectivity index (χ0) is 12.0. The van der Waals surface area contributed by atoms with E-state index in [-0.39, 0.29) is 6.04 Å². The molecular formula is C12H19NO3. The Hall–Kier alpha value is -1.42. The molecule has 0 aliphatic rings. The summed E-state index contributed by atoms with van der Waals surface area (Å²) in [5, 5.41) is 0. The molecule has 2 N–H and O–H groups in total. The molecule has 0 saturated carbocycles. The summed E-state index contributed by atoms with van der Waals surface area (Å²) >= 11 is 0. The summed E-state index contributed by atoms with van der Waals surface area (Å²) in [6.07, 6.45) is 0.872. The van der Waals surface area contributed by atoms with Crippen molar-refractivity contribution in [1.82, 2.24) is 0 Å². The zero-order valence-corrected chi connectivity index (χ0v) is 10.0. The SMILES string of the molecule is CCC(N)COc1c(OC)cccc1OC. The van der Waals surface area contributed by atoms with Crippen molar-refractivity contribution in [2.45, 2.75) is 19.4 Å². The highest BCUT2D eigenvalue weighted by Crippen LogP contribution is 2.36. The Kier molecular flexibility index (Phi) is 4.92. The smallest absolute Gasteiger partial charge is 0.203 e. The van der Waals surface area contributed by atoms with Gasteiger partial charge in [0.25, 0.3) is 0 Å². The van der Waals surface area contributed by atoms with Gasteiger partial charge in [0.05, 0.1) is 14.2 Å². The fourth-order valence-electron chi connectivity index (χ4n) is 1.27. The molecule has 0 saturated heterocycles. The van der Waals surface area contributed by atoms with Gasteiger partial charge in [-0.25, -0.2) is 0 Å². The largest absolute Gasteiger partial charge is 0.493 e. The highest BCUT2D eigenvalue weighted by molar-refractivity contribution is 5.51. The van der Waals surface area contributed by atoms with Gasteiger partial charge in [0.15, 0.2) is 11.5 Å². The topological polar surface area (TPSA) is 53.7 Å². The maximum atomic E-state index is 5.80. The lowest BCUT2D eigenvalue weighted by molar-refractivity contribution is 0.254. The Bertz CT molecular complexity index is 306. The number of nitrogens with two attached hydrogens (primary N) is 1. The summed E-state index contributed by atoms with van der Waals surface area (Å²) in [4.78, 5) is 0. The van der Waals surface area contributed by atoms with E-state index in [1.165, 1.54) is 0 Å². The Morgan fingerprint density at radius 3 is 2.19 bits per heavy atom. The van der Waals surface area contributed by atoms with E-state index in [9.17, 15) is 0 Å². The van der Waals surface area contributed by atoms with Gasteiger partial charge in [0.2, 0.25) is 5.75 Å². The minimum atomic E-state index is 0.0228. The first-order valence-corrected chi connectivity index (χ1v) is 5.32. The van der Waals surface area contributed by atoms with Crippen molar-refractivity contribution >= 4 is 0 Å². The first kappa shape index (κ1) is 12.6. The molecule has 0 aliphatic heterocycles. The molecule has 0 heterocycles. The molecule has 1 unspecified atom stereocenters. The van der Waals surface area contributed by atoms with Crippen molar-refractivity contribution in [2.75, 3.05) is 20.8 Å². The molecule has 0 fully saturated rings. The number of rotatable bonds is 6. The fourth-order valence-corrected chi connectivity index (χ4v) is 1.27. The standard InChI is InChI=1S/C12H19NO3/c1-4-9(13)8-16-12-10(14-2)6-5-7-11(12)15-3/h5-7,9H,4,8,13H2,1-3H3. The summed E-state index contributed by atoms with van der Waals surface area (Å²) in [6.45, 7) is 2.47. The van der Waals surface area contributed by atoms with Crippen LogP contribution in [0.3, 0.4) is 0 Å². The zero-order valence-electron chi connectivity index (χ0n) is 10.0. The van der Waals surface area contributed by atoms with Crippen molar-refractivity contribution in [1.29, 1.82) is 0 Å². The van der Waals surface area contributed by atoms with E-state index in [1.54, 1.807) is 14.2 Å². The highest BCUT2D eigenvalue weighted by atomic mass is 16.5. The number of para-hydroxylation sites is 1. The molecule has 0 radical (unpaired) electrons. The van der Waals surface area contributed by atoms with E-state index < -0.39 is 0 Å². The Labute approximate surface area is 96.3 Å². The molecule has 1 atom stereocenters. The van der Waals surface area contributed by atoms with E-state index in [4.69, 9.17) is 19.9 Å². The number of benzene rings is 1. The molecule has 1 aromatic rings. The average molecular weight is 225 g/mol. The van der Waals surface area contributed by atoms with Gasteiger partial charge in [-0.05, 0) is 18.6 Å². The van der Waals surface area contributed by atoms with Gasteiger partial charge < -0.3 is 19.9 Å². The lowest BCUT2D eigenvalue weighted by Gasteiger charge is -2.16. The van der Waals surface area contributed by atoms with Crippen LogP contribution in [0.4, 0.5) is 0 Å². The van der Waals surface area contributed by atoms with E-state index in [0.717, 1.165) is 6.42 Å². The number of methoxy groups -OCH3 is 2. The van der Waals surface area contributed by atoms with Crippen LogP contribution in [0.1, 0.15) is 13.3 Å². The molecule has 4 nitrogen and oxygen atoms in total. The first-order chi connectivity index (χ1) is 7.72. The van der Waals surface area contributed by atoms with Gasteiger partial charge in [-0.2, -0.15) is 0 Å². The van der Waals surface area contributed by atoms with Gasteiger partial charge in [-0.1, -0.05) is 13.0 Å². The third-order valence-corrected chi connectivity index (χ3v) is 2.35. The Morgan fingerprint density at radius 2 is 1.75 bits per heavy atom. The molecule has 1 rings (SSSR count). The summed E-state index contributed by atoms with van der Waals surface area (Å²) in [5.74, 6) is 1.92. The van der Waals surface area contributed by atoms with E-state index in [1.807, 2.05) is 25.1 Å². The average Bonchev–Trinajstić information content (AvgIpc) is 2.35. The van der Waals surface area contributed by atoms with E-state index >= 15 is 0 Å². The van der Waals surface area contributed by atoms with Gasteiger partial charge in [0, 0.05) is 6.04 Å². The maximum absolute atomic E-state index is 5.80. The summed E-state index contributed by atoms with van der Waals surface area (Å²) in [5.41, 5.74) is 5.80. The predicted octanol–water partition coefficient (Wildman–Crippen LogP) is 1.82. The fraction of sp³-hybridized carbons (Fsp3) is 0.500. The summed E-state index contributed by atoms with van der Waals surface area (Å²) < 4.78 is 16.0. The van der Waals surface area contributed by atoms with Crippen molar-refractivity contribution in [3.63, 3.8) is 0 Å². The lowest BCUT2D eigenvalue weighted by Crippen LogP contribution is -2.26. The summed E-state index contributed by atoms with van der Waals surface area (Å²) in [7, 11) is 3.20. The van der Waals surface area contributed by atoms with Gasteiger partial charge in [0.1, 0.15) is 6.61 Å². The molecule has 1 aromatic carbocycles. The van der Waals surface area contributed by atoms with Crippen molar-refractivity contribution in [3.8, 4) is 17.2 Å². The van der Waals surface area contributed by atoms with Crippen molar-refractivity contribution in [3.05, 3.63) is 18.2 Å². The van der Waals surface area contributed by atoms with Crippen LogP contribution in [-0.4, -0.2) is 26.9 Å². The Balaban J connectivity index is 2.82. The second-order valence-electron chi connectivity index (χ2n) is 3.47. The molecule has 0 spiro atoms. The molecule has 0 aliphatic carbocycles. The van der Waals surface area contributed by atoms with E-state index in [0.29, 0.717) is 23.9 Å². The maximum Gasteiger partial charge on any atom is 0.203 e. The molecule has 16 heavy (non-hydrogen) atoms. The third kappa shape index (κ3) is 3.03. The number of hydrogen-bond donors (Lipinski definition) is 1. The van der Waals surface area contributed by atoms with Crippen molar-refractivity contribution < 1.29 is 14.2 Å². The summed E-state index contributed by atoms with van der Waals surface area (Å²) in [6, 6.07) is 5.53. The van der Waals surface area contributed by atoms with Gasteiger partial charge in [-0.3, -0.25) is 0 Å². The predicted molar refractivity (Wildman–Crippen MR) is 63.3 cm³/mol. The van der Waals surface area contributed by atoms with E-state index in [2.05, 4.69) is 0 Å². The monoisotopic (exact) mass is 225 g/mol. The van der Waals surface area contributed by atoms with Crippen LogP contribution in [0.2, 0.25) is 0 Å². The quantitative estimate of drug-likeness (QED) is 0.802. The van der Waals surface area contributed by atoms with Crippen molar-refractivity contribution in [2.24, 2.45) is 5.73 Å². The molecule has 0 aromatic heterocycles. The van der Waals surface area contributed by atoms with Crippen LogP contribution in [0.5, 0.6) is 17.2 Å². The Morgan fingerprint density at radius 1 is 1.19 bits per heavy atom. The first-order valence-electron chi connectivity index (χ1n) is 5.32. The van der Waals surface area contributed by atoms with Gasteiger partial charge in [-0.15, -0.1) is 0 Å². The normalized spacial score (nSPS) is 12.0. The van der Waals surface area contributed by atoms with Crippen LogP contribution < -0.4 is 19.9 Å². The minimum absolute atomic E-state index is 0.0228. The van der Waals surface area contributed by atoms with Crippen LogP contribution in [0, 0.1) is 0 Å². The molecule has 0 bridgehead atoms. The van der Waals surface area contributed by atoms with Crippen LogP contribution in [-0.2, 0) is 0 Å². The van der Waals surface area contributed by atoms with Crippen LogP contribution in [0.25, 0.3) is 0 Å². The lowest BCUT2D eigenvalue weighted by atomic mass is 10.2. The molecule has 4 heteroatoms. The van der Waals surface area contributed by atoms with Gasteiger partial charge >= 0.3 is 0 Å². The second-order valence-corrected chi connectivity index (χ2v) is 3.47. The molecule has 90 valence electrons. The van der Waals surface area contributed by atoms with Crippen LogP contribution >= 0.6 is 0 Å². The molecular weight excluding hydrogens is 206 g/mol. The minimum Gasteiger partial charge on any atom is -0.493 e. The number of ether oxygens (including phenoxy) is 3. The number of hydrogen-bond acceptors (Lipinski definition) is 4.